The van der Waals surface area contributed by atoms with Crippen LogP contribution in [0, 0.1) is 0 Å². The highest BCUT2D eigenvalue weighted by molar-refractivity contribution is 9.10. The summed E-state index contributed by atoms with van der Waals surface area (Å²) in [5.74, 6) is -0.561. The van der Waals surface area contributed by atoms with Gasteiger partial charge < -0.3 is 9.80 Å². The van der Waals surface area contributed by atoms with Crippen LogP contribution in [0.15, 0.2) is 16.9 Å². The lowest BCUT2D eigenvalue weighted by Crippen LogP contribution is -2.50. The third-order valence-electron chi connectivity index (χ3n) is 2.67. The van der Waals surface area contributed by atoms with Crippen molar-refractivity contribution >= 4 is 27.8 Å². The molecule has 8 heteroatoms. The number of piperazine rings is 1. The summed E-state index contributed by atoms with van der Waals surface area (Å²) in [5, 5.41) is 0. The number of hydrogen-bond donors (Lipinski definition) is 0. The van der Waals surface area contributed by atoms with Gasteiger partial charge in [0.1, 0.15) is 0 Å². The molecule has 18 heavy (non-hydrogen) atoms. The molecule has 0 aliphatic carbocycles. The van der Waals surface area contributed by atoms with Crippen molar-refractivity contribution in [3.63, 3.8) is 0 Å². The summed E-state index contributed by atoms with van der Waals surface area (Å²) >= 11 is 3.23. The maximum atomic E-state index is 12.2. The van der Waals surface area contributed by atoms with Crippen LogP contribution in [0.2, 0.25) is 0 Å². The quantitative estimate of drug-likeness (QED) is 0.820. The Morgan fingerprint density at radius 3 is 2.28 bits per heavy atom. The first-order valence-corrected chi connectivity index (χ1v) is 6.16. The van der Waals surface area contributed by atoms with E-state index in [2.05, 4.69) is 25.9 Å². The number of halogens is 3. The zero-order valence-electron chi connectivity index (χ0n) is 9.39. The van der Waals surface area contributed by atoms with Gasteiger partial charge >= 0.3 is 6.43 Å². The van der Waals surface area contributed by atoms with Gasteiger partial charge in [0.15, 0.2) is 0 Å². The number of anilines is 1. The molecule has 2 rings (SSSR count). The SMILES string of the molecule is O=C(C(F)F)N1CCN(c2ncc(Br)cn2)CC1. The molecule has 1 aromatic heterocycles. The maximum Gasteiger partial charge on any atom is 0.315 e. The molecule has 2 heterocycles. The van der Waals surface area contributed by atoms with Crippen molar-refractivity contribution in [3.05, 3.63) is 16.9 Å². The molecule has 0 aromatic carbocycles. The van der Waals surface area contributed by atoms with E-state index in [-0.39, 0.29) is 13.1 Å². The highest BCUT2D eigenvalue weighted by atomic mass is 79.9. The van der Waals surface area contributed by atoms with Crippen molar-refractivity contribution in [3.8, 4) is 0 Å². The van der Waals surface area contributed by atoms with Crippen LogP contribution in [0.5, 0.6) is 0 Å². The maximum absolute atomic E-state index is 12.2. The number of rotatable bonds is 2. The summed E-state index contributed by atoms with van der Waals surface area (Å²) in [4.78, 5) is 22.4. The van der Waals surface area contributed by atoms with E-state index >= 15 is 0 Å². The van der Waals surface area contributed by atoms with E-state index in [9.17, 15) is 13.6 Å². The van der Waals surface area contributed by atoms with Crippen LogP contribution in [0.3, 0.4) is 0 Å². The molecule has 0 N–H and O–H groups in total. The molecule has 0 atom stereocenters. The standard InChI is InChI=1S/C10H11BrF2N4O/c11-7-5-14-10(15-6-7)17-3-1-16(2-4-17)9(18)8(12)13/h5-6,8H,1-4H2. The Morgan fingerprint density at radius 1 is 1.22 bits per heavy atom. The van der Waals surface area contributed by atoms with Gasteiger partial charge in [-0.05, 0) is 15.9 Å². The molecule has 0 spiro atoms. The van der Waals surface area contributed by atoms with Crippen LogP contribution in [-0.2, 0) is 4.79 Å². The lowest BCUT2D eigenvalue weighted by atomic mass is 10.3. The predicted octanol–water partition coefficient (Wildman–Crippen LogP) is 1.15. The average Bonchev–Trinajstić information content (AvgIpc) is 2.39. The second kappa shape index (κ2) is 5.55. The van der Waals surface area contributed by atoms with Crippen LogP contribution in [0.25, 0.3) is 0 Å². The van der Waals surface area contributed by atoms with Crippen molar-refractivity contribution in [1.82, 2.24) is 14.9 Å². The van der Waals surface area contributed by atoms with Crippen LogP contribution >= 0.6 is 15.9 Å². The monoisotopic (exact) mass is 320 g/mol. The molecule has 0 radical (unpaired) electrons. The number of nitrogens with zero attached hydrogens (tertiary/aromatic N) is 4. The largest absolute Gasteiger partial charge is 0.337 e. The molecule has 0 saturated carbocycles. The Labute approximate surface area is 111 Å². The summed E-state index contributed by atoms with van der Waals surface area (Å²) in [5.41, 5.74) is 0. The average molecular weight is 321 g/mol. The number of alkyl halides is 2. The van der Waals surface area contributed by atoms with E-state index in [4.69, 9.17) is 0 Å². The Morgan fingerprint density at radius 2 is 1.78 bits per heavy atom. The van der Waals surface area contributed by atoms with Gasteiger partial charge in [0, 0.05) is 38.6 Å². The first kappa shape index (κ1) is 13.1. The first-order chi connectivity index (χ1) is 8.58. The molecule has 1 saturated heterocycles. The van der Waals surface area contributed by atoms with E-state index in [1.165, 1.54) is 4.90 Å². The van der Waals surface area contributed by atoms with E-state index in [1.807, 2.05) is 4.90 Å². The Bertz CT molecular complexity index is 420. The lowest BCUT2D eigenvalue weighted by Gasteiger charge is -2.34. The highest BCUT2D eigenvalue weighted by Crippen LogP contribution is 2.14. The van der Waals surface area contributed by atoms with Crippen LogP contribution < -0.4 is 4.90 Å². The van der Waals surface area contributed by atoms with Crippen LogP contribution in [0.4, 0.5) is 14.7 Å². The van der Waals surface area contributed by atoms with Crippen LogP contribution in [0.1, 0.15) is 0 Å². The summed E-state index contributed by atoms with van der Waals surface area (Å²) in [6.45, 7) is 1.45. The van der Waals surface area contributed by atoms with Gasteiger partial charge in [-0.25, -0.2) is 9.97 Å². The predicted molar refractivity (Wildman–Crippen MR) is 64.5 cm³/mol. The zero-order valence-corrected chi connectivity index (χ0v) is 11.0. The van der Waals surface area contributed by atoms with Gasteiger partial charge in [-0.2, -0.15) is 8.78 Å². The minimum absolute atomic E-state index is 0.266. The third kappa shape index (κ3) is 2.92. The minimum atomic E-state index is -2.93. The number of hydrogen-bond acceptors (Lipinski definition) is 4. The van der Waals surface area contributed by atoms with Gasteiger partial charge in [0.05, 0.1) is 4.47 Å². The van der Waals surface area contributed by atoms with Gasteiger partial charge in [-0.3, -0.25) is 4.79 Å². The van der Waals surface area contributed by atoms with E-state index in [1.54, 1.807) is 12.4 Å². The fourth-order valence-corrected chi connectivity index (χ4v) is 1.94. The molecule has 98 valence electrons. The summed E-state index contributed by atoms with van der Waals surface area (Å²) in [6, 6.07) is 0. The molecule has 1 aliphatic heterocycles. The van der Waals surface area contributed by atoms with E-state index < -0.39 is 12.3 Å². The number of amides is 1. The Balaban J connectivity index is 1.94. The summed E-state index contributed by atoms with van der Waals surface area (Å²) < 4.78 is 25.3. The normalized spacial score (nSPS) is 16.2. The van der Waals surface area contributed by atoms with E-state index in [0.29, 0.717) is 19.0 Å². The summed E-state index contributed by atoms with van der Waals surface area (Å²) in [7, 11) is 0. The third-order valence-corrected chi connectivity index (χ3v) is 3.08. The second-order valence-corrected chi connectivity index (χ2v) is 4.73. The van der Waals surface area contributed by atoms with Gasteiger partial charge in [-0.15, -0.1) is 0 Å². The topological polar surface area (TPSA) is 49.3 Å². The van der Waals surface area contributed by atoms with Crippen molar-refractivity contribution in [1.29, 1.82) is 0 Å². The summed E-state index contributed by atoms with van der Waals surface area (Å²) in [6.07, 6.45) is 0.318. The number of aromatic nitrogens is 2. The Hall–Kier alpha value is -1.31. The molecule has 1 amide bonds. The van der Waals surface area contributed by atoms with E-state index in [0.717, 1.165) is 4.47 Å². The fraction of sp³-hybridized carbons (Fsp3) is 0.500. The second-order valence-electron chi connectivity index (χ2n) is 3.81. The van der Waals surface area contributed by atoms with Gasteiger partial charge in [0.2, 0.25) is 5.95 Å². The molecule has 0 unspecified atom stereocenters. The minimum Gasteiger partial charge on any atom is -0.337 e. The Kier molecular flexibility index (Phi) is 4.05. The molecule has 5 nitrogen and oxygen atoms in total. The smallest absolute Gasteiger partial charge is 0.315 e. The molecular formula is C10H11BrF2N4O. The molecular weight excluding hydrogens is 310 g/mol. The van der Waals surface area contributed by atoms with Crippen molar-refractivity contribution in [2.75, 3.05) is 31.1 Å². The van der Waals surface area contributed by atoms with Crippen molar-refractivity contribution < 1.29 is 13.6 Å². The number of carbonyl (C=O) groups excluding carboxylic acids is 1. The lowest BCUT2D eigenvalue weighted by molar-refractivity contribution is -0.143. The first-order valence-electron chi connectivity index (χ1n) is 5.37. The van der Waals surface area contributed by atoms with Crippen molar-refractivity contribution in [2.24, 2.45) is 0 Å². The molecule has 1 fully saturated rings. The molecule has 0 bridgehead atoms. The van der Waals surface area contributed by atoms with Gasteiger partial charge in [0.25, 0.3) is 5.91 Å². The van der Waals surface area contributed by atoms with Crippen LogP contribution in [-0.4, -0.2) is 53.4 Å². The molecule has 1 aromatic rings. The highest BCUT2D eigenvalue weighted by Gasteiger charge is 2.27. The molecule has 1 aliphatic rings. The van der Waals surface area contributed by atoms with Gasteiger partial charge in [-0.1, -0.05) is 0 Å². The fourth-order valence-electron chi connectivity index (χ4n) is 1.73. The zero-order chi connectivity index (χ0) is 13.1. The van der Waals surface area contributed by atoms with Crippen molar-refractivity contribution in [2.45, 2.75) is 6.43 Å². The number of carbonyl (C=O) groups is 1.